The number of anilines is 3. The van der Waals surface area contributed by atoms with Gasteiger partial charge in [-0.05, 0) is 231 Å². The molecule has 11 rings (SSSR count). The van der Waals surface area contributed by atoms with Crippen LogP contribution in [-0.2, 0) is 76.4 Å². The molecule has 0 bridgehead atoms. The number of carbonyl (C=O) groups is 13. The van der Waals surface area contributed by atoms with Crippen LogP contribution in [0.5, 0.6) is 0 Å². The van der Waals surface area contributed by atoms with Crippen LogP contribution in [0.25, 0.3) is 0 Å². The molecule has 5 aliphatic rings. The van der Waals surface area contributed by atoms with Crippen LogP contribution in [0.4, 0.5) is 27.0 Å². The van der Waals surface area contributed by atoms with Gasteiger partial charge in [-0.15, -0.1) is 6.42 Å². The summed E-state index contributed by atoms with van der Waals surface area (Å²) in [5.41, 5.74) is -4.47. The monoisotopic (exact) mass is 2260 g/mol. The highest BCUT2D eigenvalue weighted by molar-refractivity contribution is 7.99. The molecule has 5 aliphatic heterocycles. The molecule has 0 aliphatic carbocycles. The molecule has 3 amide bonds. The van der Waals surface area contributed by atoms with Crippen molar-refractivity contribution in [1.29, 1.82) is 0 Å². The highest BCUT2D eigenvalue weighted by Crippen LogP contribution is 2.38. The van der Waals surface area contributed by atoms with Gasteiger partial charge in [-0.1, -0.05) is 111 Å². The number of aldehydes is 1. The van der Waals surface area contributed by atoms with E-state index in [0.717, 1.165) is 12.2 Å². The van der Waals surface area contributed by atoms with Gasteiger partial charge < -0.3 is 70.2 Å². The van der Waals surface area contributed by atoms with Crippen LogP contribution < -0.4 is 31.9 Å². The van der Waals surface area contributed by atoms with E-state index in [9.17, 15) is 75.9 Å². The minimum atomic E-state index is -4.01. The molecule has 53 heteroatoms. The van der Waals surface area contributed by atoms with Crippen LogP contribution in [-0.4, -0.2) is 286 Å². The lowest BCUT2D eigenvalue weighted by atomic mass is 9.90. The van der Waals surface area contributed by atoms with Gasteiger partial charge in [0.1, 0.15) is 96.3 Å². The summed E-state index contributed by atoms with van der Waals surface area (Å²) < 4.78 is 64.3. The van der Waals surface area contributed by atoms with E-state index in [-0.39, 0.29) is 93.9 Å². The average molecular weight is 2270 g/mol. The van der Waals surface area contributed by atoms with Crippen molar-refractivity contribution in [1.82, 2.24) is 80.9 Å². The minimum absolute atomic E-state index is 0. The molecule has 0 radical (unpaired) electrons. The smallest absolute Gasteiger partial charge is 0.426 e. The van der Waals surface area contributed by atoms with Crippen LogP contribution in [0.1, 0.15) is 270 Å². The topological polar surface area (TPSA) is 586 Å². The second kappa shape index (κ2) is 56.0. The summed E-state index contributed by atoms with van der Waals surface area (Å²) in [5, 5.41) is 22.2. The van der Waals surface area contributed by atoms with Crippen molar-refractivity contribution in [3.63, 3.8) is 0 Å². The Morgan fingerprint density at radius 1 is 0.544 bits per heavy atom. The summed E-state index contributed by atoms with van der Waals surface area (Å²) in [7, 11) is -4.01. The molecule has 6 aromatic heterocycles. The van der Waals surface area contributed by atoms with Gasteiger partial charge in [0, 0.05) is 93.0 Å². The van der Waals surface area contributed by atoms with Crippen LogP contribution in [0.3, 0.4) is 0 Å². The number of halogens is 3. The maximum absolute atomic E-state index is 13.1. The molecule has 818 valence electrons. The Labute approximate surface area is 909 Å². The molecular formula is C96H132Cl3N19O24S7. The Morgan fingerprint density at radius 2 is 0.973 bits per heavy atom. The molecule has 0 spiro atoms. The number of Topliss-reactive ketones (excluding diaryl/α,β-unsaturated/α-hetero) is 3. The first kappa shape index (κ1) is 132. The molecule has 2 fully saturated rings. The Bertz CT molecular complexity index is 6100. The van der Waals surface area contributed by atoms with Crippen molar-refractivity contribution in [2.45, 2.75) is 317 Å². The van der Waals surface area contributed by atoms with Gasteiger partial charge >= 0.3 is 52.3 Å². The fourth-order valence-corrected chi connectivity index (χ4v) is 16.4. The highest BCUT2D eigenvalue weighted by Gasteiger charge is 2.51. The number of ether oxygens (including phenoxy) is 7. The van der Waals surface area contributed by atoms with Crippen molar-refractivity contribution in [3.05, 3.63) is 98.2 Å². The number of rotatable bonds is 16. The number of amides is 3. The summed E-state index contributed by atoms with van der Waals surface area (Å²) in [6, 6.07) is -2.02. The van der Waals surface area contributed by atoms with E-state index >= 15 is 0 Å². The van der Waals surface area contributed by atoms with E-state index in [1.807, 2.05) is 69.8 Å². The largest absolute Gasteiger partial charge is 0.458 e. The number of allylic oxidation sites excluding steroid dienone is 1. The average Bonchev–Trinajstić information content (AvgIpc) is 1.57. The number of ketones is 4. The van der Waals surface area contributed by atoms with Crippen molar-refractivity contribution in [2.24, 2.45) is 0 Å². The van der Waals surface area contributed by atoms with E-state index < -0.39 is 133 Å². The van der Waals surface area contributed by atoms with Crippen molar-refractivity contribution in [2.75, 3.05) is 72.3 Å². The quantitative estimate of drug-likeness (QED) is 0.00574. The number of esters is 5. The normalized spacial score (nSPS) is 16.3. The fraction of sp³-hybridized carbons (Fsp3) is 0.552. The van der Waals surface area contributed by atoms with Gasteiger partial charge in [-0.2, -0.15) is 12.7 Å². The fourth-order valence-electron chi connectivity index (χ4n) is 12.2. The van der Waals surface area contributed by atoms with Crippen LogP contribution in [0.15, 0.2) is 80.3 Å². The number of hydrogen-bond acceptors (Lipinski definition) is 46. The number of piperazine rings is 1. The minimum Gasteiger partial charge on any atom is -0.458 e. The zero-order valence-electron chi connectivity index (χ0n) is 89.6. The van der Waals surface area contributed by atoms with E-state index in [4.69, 9.17) is 74.4 Å². The highest BCUT2D eigenvalue weighted by atomic mass is 35.5. The molecule has 11 heterocycles. The lowest BCUT2D eigenvalue weighted by molar-refractivity contribution is -0.157. The van der Waals surface area contributed by atoms with Crippen molar-refractivity contribution >= 4 is 210 Å². The van der Waals surface area contributed by atoms with E-state index in [0.29, 0.717) is 87.8 Å². The Kier molecular flexibility index (Phi) is 49.8. The molecule has 2 saturated heterocycles. The standard InChI is InChI=1S/C22H34N4O5S.2C13H15ClN2O3S.C13H16N4O2S.C13H17N3O3S.C9H17NO5S.C7H10O2.C6H5ClN2OS.H3N/c1-20(2,3)30-17(28)14-10-15(27)13-11-23-18(32-9)24-16(13)26(14)12-22(7,8)25-19(29)31-21(4,5)6;2*1-13(2,3)19-10(18)6-5-9(17)8-7-15-12(20-4)16-11(8)14;1-13(2)6-17-8(11(19)16-13)4-9(18)7-5-14-12(20-3)15-10(7)17;1-13(2,3)19-11(18)8-5-9(17)7-6-14-12(20-4)16-10(7)15-8;1-8(2,3)15-7(11)10-9(4,5)6-14-16(10,12)13;1-5-6(8)9-7(2,3)4;1-11-6-8-2-4(3-10)5(7)9-6;/h11,14H,10,12H2,1-9H3,(H,25,29);7,9,17H,1-4H3;5-7H,1-4H3;5,8H,4,6H2,1-3H3,(H,16,19);6,8H,5H2,1-4H3,(H,14,15,16);6H2,1-5H3;1H,2-4H3;2-3H,1H3;1H3/b;;6-5+;;;;;;. The van der Waals surface area contributed by atoms with E-state index in [1.54, 1.807) is 177 Å². The lowest BCUT2D eigenvalue weighted by Crippen LogP contribution is -2.66. The van der Waals surface area contributed by atoms with Gasteiger partial charge in [-0.25, -0.2) is 93.4 Å². The second-order valence-electron chi connectivity index (χ2n) is 40.8. The molecule has 149 heavy (non-hydrogen) atoms. The number of terminal acetylenes is 1. The first-order valence-corrected chi connectivity index (χ1v) is 54.8. The molecule has 0 saturated carbocycles. The molecule has 7 N–H and O–H groups in total. The summed E-state index contributed by atoms with van der Waals surface area (Å²) >= 11 is 25.6. The maximum atomic E-state index is 13.1. The lowest BCUT2D eigenvalue weighted by Gasteiger charge is -2.46. The molecule has 4 unspecified atom stereocenters. The number of hydrogen-bond donors (Lipinski definition) is 5. The number of fused-ring (bicyclic) bond motifs is 5. The summed E-state index contributed by atoms with van der Waals surface area (Å²) in [6.07, 6.45) is 24.7. The molecule has 6 aromatic rings. The van der Waals surface area contributed by atoms with E-state index in [2.05, 4.69) is 91.8 Å². The Morgan fingerprint density at radius 3 is 1.43 bits per heavy atom. The summed E-state index contributed by atoms with van der Waals surface area (Å²) in [5.74, 6) is 3.90. The second-order valence-corrected chi connectivity index (χ2v) is 48.0. The van der Waals surface area contributed by atoms with Gasteiger partial charge in [0.05, 0.1) is 51.0 Å². The number of nitrogens with zero attached hydrogens (tertiary/aromatic N) is 15. The first-order chi connectivity index (χ1) is 67.9. The number of alkyl carbamates (subject to hydrolysis) is 1. The van der Waals surface area contributed by atoms with Crippen LogP contribution >= 0.6 is 105 Å². The predicted octanol–water partition coefficient (Wildman–Crippen LogP) is 15.6. The van der Waals surface area contributed by atoms with Crippen molar-refractivity contribution in [3.8, 4) is 24.2 Å². The molecule has 0 aromatic carbocycles. The zero-order chi connectivity index (χ0) is 113. The summed E-state index contributed by atoms with van der Waals surface area (Å²) in [6.45, 7) is 48.3. The predicted molar refractivity (Wildman–Crippen MR) is 572 cm³/mol. The van der Waals surface area contributed by atoms with Crippen LogP contribution in [0, 0.1) is 24.2 Å². The number of thioether (sulfide) groups is 6. The van der Waals surface area contributed by atoms with Gasteiger partial charge in [0.25, 0.3) is 0 Å². The van der Waals surface area contributed by atoms with Gasteiger partial charge in [0.15, 0.2) is 60.4 Å². The third-order valence-corrected chi connectivity index (χ3v) is 23.7. The summed E-state index contributed by atoms with van der Waals surface area (Å²) in [4.78, 5) is 207. The number of carbonyl (C=O) groups excluding carboxylic acids is 13. The zero-order valence-corrected chi connectivity index (χ0v) is 97.6. The third kappa shape index (κ3) is 45.4. The number of aromatic nitrogens is 12. The molecular weight excluding hydrogens is 2130 g/mol. The number of aliphatic hydroxyl groups excluding tert-OH is 1. The molecule has 43 nitrogen and oxygen atoms in total. The van der Waals surface area contributed by atoms with Gasteiger partial charge in [-0.3, -0.25) is 33.0 Å². The molecule has 4 atom stereocenters. The van der Waals surface area contributed by atoms with Crippen LogP contribution in [0.2, 0.25) is 15.5 Å². The van der Waals surface area contributed by atoms with E-state index in [1.165, 1.54) is 102 Å². The Hall–Kier alpha value is -10.8. The van der Waals surface area contributed by atoms with Gasteiger partial charge in [0.2, 0.25) is 5.91 Å². The van der Waals surface area contributed by atoms with Crippen molar-refractivity contribution < 1.29 is 113 Å². The Balaban J connectivity index is 0.000000446. The maximum Gasteiger partial charge on any atom is 0.426 e. The number of nitrogens with one attached hydrogen (secondary N) is 3. The SMILES string of the molecule is C#CC(=O)OC(C)(C)C.CC(C)(C)OC(=O)N1C(C)(C)COS1(=O)=O.CSc1ncc(C(=O)/C=C/C(=O)OC(C)(C)C)c(Cl)n1.CSc1ncc(C(O)C#CC(=O)OC(C)(C)C)c(Cl)n1.CSc1ncc(C=O)c(Cl)n1.CSc1ncc2c(n1)N(CC(C)(C)NC(=O)OC(C)(C)C)C(C(=O)OC(C)(C)C)CC2=O.CSc1ncc2c(n1)N1CC(C)(C)NC(=O)C1CC2=O.CSc1ncc2c(n1)NC(C(=O)OC(C)(C)C)CC2=O.N. The number of aliphatic hydroxyl groups is 1. The first-order valence-electron chi connectivity index (χ1n) is 44.9. The third-order valence-electron chi connectivity index (χ3n) is 17.9.